The number of fused-ring (bicyclic) bond motifs is 1. The number of piperazine rings is 1. The van der Waals surface area contributed by atoms with E-state index in [0.717, 1.165) is 54.0 Å². The molecule has 0 aliphatic carbocycles. The van der Waals surface area contributed by atoms with Gasteiger partial charge in [-0.3, -0.25) is 9.80 Å². The molecule has 3 aromatic rings. The summed E-state index contributed by atoms with van der Waals surface area (Å²) in [6.45, 7) is 8.37. The monoisotopic (exact) mass is 515 g/mol. The van der Waals surface area contributed by atoms with E-state index in [0.29, 0.717) is 24.5 Å². The predicted octanol–water partition coefficient (Wildman–Crippen LogP) is 1.15. The SMILES string of the molecule is Cc1cc(-n2cnnn2)ncc1[C@H](O)CN1CCN(C[C@H](O)c2ccc3c(c2C)COC3=O)CC1.Cl. The summed E-state index contributed by atoms with van der Waals surface area (Å²) in [6.07, 6.45) is 1.87. The van der Waals surface area contributed by atoms with Crippen LogP contribution in [-0.4, -0.2) is 90.4 Å². The first-order chi connectivity index (χ1) is 16.9. The normalized spacial score (nSPS) is 17.8. The van der Waals surface area contributed by atoms with Crippen molar-refractivity contribution in [2.75, 3.05) is 39.3 Å². The number of benzene rings is 1. The van der Waals surface area contributed by atoms with E-state index in [9.17, 15) is 15.0 Å². The van der Waals surface area contributed by atoms with Crippen LogP contribution >= 0.6 is 12.4 Å². The lowest BCUT2D eigenvalue weighted by Gasteiger charge is -2.36. The number of carbonyl (C=O) groups is 1. The number of carbonyl (C=O) groups excluding carboxylic acids is 1. The Morgan fingerprint density at radius 2 is 1.69 bits per heavy atom. The Bertz CT molecular complexity index is 1220. The summed E-state index contributed by atoms with van der Waals surface area (Å²) in [7, 11) is 0. The van der Waals surface area contributed by atoms with Crippen molar-refractivity contribution in [1.82, 2.24) is 35.0 Å². The van der Waals surface area contributed by atoms with Gasteiger partial charge in [0.15, 0.2) is 5.82 Å². The Morgan fingerprint density at radius 1 is 1.03 bits per heavy atom. The summed E-state index contributed by atoms with van der Waals surface area (Å²) in [6, 6.07) is 5.44. The van der Waals surface area contributed by atoms with Gasteiger partial charge in [-0.1, -0.05) is 6.07 Å². The topological polar surface area (TPSA) is 130 Å². The highest BCUT2D eigenvalue weighted by Gasteiger charge is 2.27. The van der Waals surface area contributed by atoms with Gasteiger partial charge in [0.2, 0.25) is 0 Å². The minimum Gasteiger partial charge on any atom is -0.457 e. The van der Waals surface area contributed by atoms with Crippen molar-refractivity contribution < 1.29 is 19.7 Å². The number of esters is 1. The maximum Gasteiger partial charge on any atom is 0.338 e. The van der Waals surface area contributed by atoms with Gasteiger partial charge in [0.25, 0.3) is 0 Å². The van der Waals surface area contributed by atoms with Crippen LogP contribution < -0.4 is 0 Å². The molecule has 2 atom stereocenters. The van der Waals surface area contributed by atoms with Crippen LogP contribution in [-0.2, 0) is 11.3 Å². The predicted molar refractivity (Wildman–Crippen MR) is 132 cm³/mol. The van der Waals surface area contributed by atoms with Gasteiger partial charge in [0, 0.05) is 56.6 Å². The molecule has 2 aromatic heterocycles. The van der Waals surface area contributed by atoms with Crippen molar-refractivity contribution in [3.05, 3.63) is 64.1 Å². The average molecular weight is 516 g/mol. The minimum atomic E-state index is -0.651. The van der Waals surface area contributed by atoms with Gasteiger partial charge in [0.05, 0.1) is 17.8 Å². The number of aromatic nitrogens is 5. The van der Waals surface area contributed by atoms with Gasteiger partial charge in [-0.05, 0) is 53.1 Å². The molecule has 0 radical (unpaired) electrons. The van der Waals surface area contributed by atoms with Gasteiger partial charge in [-0.15, -0.1) is 17.5 Å². The van der Waals surface area contributed by atoms with Crippen LogP contribution in [0.3, 0.4) is 0 Å². The van der Waals surface area contributed by atoms with Crippen molar-refractivity contribution in [2.45, 2.75) is 32.7 Å². The number of tetrazole rings is 1. The Labute approximate surface area is 215 Å². The largest absolute Gasteiger partial charge is 0.457 e. The molecule has 11 nitrogen and oxygen atoms in total. The maximum absolute atomic E-state index is 11.8. The molecule has 0 bridgehead atoms. The Morgan fingerprint density at radius 3 is 2.31 bits per heavy atom. The number of pyridine rings is 1. The molecule has 2 N–H and O–H groups in total. The summed E-state index contributed by atoms with van der Waals surface area (Å²) >= 11 is 0. The van der Waals surface area contributed by atoms with Crippen molar-refractivity contribution in [2.24, 2.45) is 0 Å². The number of ether oxygens (including phenoxy) is 1. The summed E-state index contributed by atoms with van der Waals surface area (Å²) in [5.41, 5.74) is 4.96. The summed E-state index contributed by atoms with van der Waals surface area (Å²) in [5, 5.41) is 32.8. The van der Waals surface area contributed by atoms with Crippen LogP contribution in [0.4, 0.5) is 0 Å². The number of halogens is 1. The lowest BCUT2D eigenvalue weighted by atomic mass is 9.95. The van der Waals surface area contributed by atoms with E-state index >= 15 is 0 Å². The zero-order valence-electron chi connectivity index (χ0n) is 20.2. The van der Waals surface area contributed by atoms with E-state index in [1.54, 1.807) is 12.3 Å². The number of nitrogens with zero attached hydrogens (tertiary/aromatic N) is 7. The van der Waals surface area contributed by atoms with Crippen molar-refractivity contribution in [3.8, 4) is 5.82 Å². The molecule has 2 aliphatic rings. The molecule has 192 valence electrons. The van der Waals surface area contributed by atoms with E-state index in [1.165, 1.54) is 11.0 Å². The quantitative estimate of drug-likeness (QED) is 0.442. The molecule has 1 aromatic carbocycles. The number of hydrogen-bond donors (Lipinski definition) is 2. The third-order valence-corrected chi connectivity index (χ3v) is 6.97. The molecular formula is C24H30ClN7O4. The number of aliphatic hydroxyl groups is 2. The second kappa shape index (κ2) is 11.0. The number of aryl methyl sites for hydroxylation is 1. The first-order valence-corrected chi connectivity index (χ1v) is 11.7. The van der Waals surface area contributed by atoms with Gasteiger partial charge < -0.3 is 14.9 Å². The maximum atomic E-state index is 11.8. The van der Waals surface area contributed by atoms with Crippen LogP contribution in [0.15, 0.2) is 30.7 Å². The number of rotatable bonds is 7. The molecule has 4 heterocycles. The number of cyclic esters (lactones) is 1. The standard InChI is InChI=1S/C24H29N7O4.ClH/c1-15-9-23(31-14-26-27-28-31)25-10-19(15)22(33)12-30-7-5-29(6-8-30)11-21(32)17-3-4-18-20(16(17)2)13-35-24(18)34;/h3-4,9-10,14,21-22,32-33H,5-8,11-13H2,1-2H3;1H/t21-,22+;/m0./s1. The zero-order chi connectivity index (χ0) is 24.5. The molecule has 0 amide bonds. The number of hydrogen-bond acceptors (Lipinski definition) is 10. The number of aliphatic hydroxyl groups excluding tert-OH is 2. The van der Waals surface area contributed by atoms with Crippen molar-refractivity contribution in [1.29, 1.82) is 0 Å². The fraction of sp³-hybridized carbons (Fsp3) is 0.458. The molecule has 2 aliphatic heterocycles. The van der Waals surface area contributed by atoms with Crippen LogP contribution in [0, 0.1) is 13.8 Å². The smallest absolute Gasteiger partial charge is 0.338 e. The Balaban J connectivity index is 0.00000304. The zero-order valence-corrected chi connectivity index (χ0v) is 21.1. The lowest BCUT2D eigenvalue weighted by Crippen LogP contribution is -2.48. The summed E-state index contributed by atoms with van der Waals surface area (Å²) < 4.78 is 6.61. The summed E-state index contributed by atoms with van der Waals surface area (Å²) in [5.74, 6) is 0.310. The molecular weight excluding hydrogens is 486 g/mol. The van der Waals surface area contributed by atoms with E-state index in [-0.39, 0.29) is 25.0 Å². The van der Waals surface area contributed by atoms with Crippen LogP contribution in [0.5, 0.6) is 0 Å². The molecule has 1 fully saturated rings. The highest BCUT2D eigenvalue weighted by molar-refractivity contribution is 5.93. The minimum absolute atomic E-state index is 0. The van der Waals surface area contributed by atoms with Crippen molar-refractivity contribution in [3.63, 3.8) is 0 Å². The fourth-order valence-electron chi connectivity index (χ4n) is 4.86. The van der Waals surface area contributed by atoms with E-state index in [1.807, 2.05) is 26.0 Å². The highest BCUT2D eigenvalue weighted by Crippen LogP contribution is 2.29. The summed E-state index contributed by atoms with van der Waals surface area (Å²) in [4.78, 5) is 20.6. The van der Waals surface area contributed by atoms with Gasteiger partial charge >= 0.3 is 5.97 Å². The van der Waals surface area contributed by atoms with E-state index < -0.39 is 12.2 Å². The molecule has 5 rings (SSSR count). The van der Waals surface area contributed by atoms with E-state index in [4.69, 9.17) is 4.74 Å². The first kappa shape index (κ1) is 26.1. The second-order valence-corrected chi connectivity index (χ2v) is 9.17. The third kappa shape index (κ3) is 5.25. The molecule has 12 heteroatoms. The fourth-order valence-corrected chi connectivity index (χ4v) is 4.86. The molecule has 0 unspecified atom stereocenters. The molecule has 0 saturated carbocycles. The number of β-amino-alcohol motifs (C(OH)–C–C–N with tert-alkyl or cyclic N) is 2. The third-order valence-electron chi connectivity index (χ3n) is 6.97. The van der Waals surface area contributed by atoms with Crippen molar-refractivity contribution >= 4 is 18.4 Å². The Hall–Kier alpha value is -2.96. The first-order valence-electron chi connectivity index (χ1n) is 11.7. The van der Waals surface area contributed by atoms with Crippen LogP contribution in [0.2, 0.25) is 0 Å². The van der Waals surface area contributed by atoms with Crippen LogP contribution in [0.1, 0.15) is 50.4 Å². The average Bonchev–Trinajstić information content (AvgIpc) is 3.51. The lowest BCUT2D eigenvalue weighted by molar-refractivity contribution is 0.0478. The Kier molecular flexibility index (Phi) is 7.96. The van der Waals surface area contributed by atoms with Gasteiger partial charge in [0.1, 0.15) is 12.9 Å². The molecule has 1 saturated heterocycles. The van der Waals surface area contributed by atoms with Gasteiger partial charge in [-0.25, -0.2) is 9.78 Å². The van der Waals surface area contributed by atoms with E-state index in [2.05, 4.69) is 30.3 Å². The molecule has 0 spiro atoms. The van der Waals surface area contributed by atoms with Gasteiger partial charge in [-0.2, -0.15) is 4.68 Å². The second-order valence-electron chi connectivity index (χ2n) is 9.17. The highest BCUT2D eigenvalue weighted by atomic mass is 35.5. The molecule has 36 heavy (non-hydrogen) atoms. The van der Waals surface area contributed by atoms with Crippen LogP contribution in [0.25, 0.3) is 5.82 Å².